The fourth-order valence-electron chi connectivity index (χ4n) is 1.73. The van der Waals surface area contributed by atoms with Crippen molar-refractivity contribution in [2.24, 2.45) is 11.7 Å². The molecule has 1 aliphatic heterocycles. The van der Waals surface area contributed by atoms with E-state index in [1.165, 1.54) is 23.9 Å². The average Bonchev–Trinajstić information content (AvgIpc) is 2.80. The average molecular weight is 366 g/mol. The van der Waals surface area contributed by atoms with Crippen LogP contribution in [-0.2, 0) is 0 Å². The minimum absolute atomic E-state index is 0.896. The van der Waals surface area contributed by atoms with Crippen LogP contribution < -0.4 is 20.5 Å². The standard InChI is InChI=1S/C7H7IN6S2/c1-2-4-5(12-15-11-4)3(8)7-6(2)13(9)16-14(7)10/h9-10H2,1H3. The van der Waals surface area contributed by atoms with Crippen molar-refractivity contribution in [2.75, 3.05) is 8.83 Å². The molecule has 0 aliphatic carbocycles. The van der Waals surface area contributed by atoms with Gasteiger partial charge in [0.1, 0.15) is 28.9 Å². The molecule has 6 nitrogen and oxygen atoms in total. The Labute approximate surface area is 114 Å². The molecule has 16 heavy (non-hydrogen) atoms. The van der Waals surface area contributed by atoms with E-state index in [0.29, 0.717) is 0 Å². The fraction of sp³-hybridized carbons (Fsp3) is 0.143. The Kier molecular flexibility index (Phi) is 2.40. The van der Waals surface area contributed by atoms with E-state index in [1.54, 1.807) is 8.83 Å². The number of nitrogens with zero attached hydrogens (tertiary/aromatic N) is 4. The van der Waals surface area contributed by atoms with Crippen LogP contribution in [0.15, 0.2) is 0 Å². The quantitative estimate of drug-likeness (QED) is 0.416. The van der Waals surface area contributed by atoms with E-state index >= 15 is 0 Å². The molecule has 1 aliphatic rings. The van der Waals surface area contributed by atoms with Crippen molar-refractivity contribution in [3.8, 4) is 0 Å². The topological polar surface area (TPSA) is 84.3 Å². The Balaban J connectivity index is 2.48. The third kappa shape index (κ3) is 1.26. The first-order valence-corrected chi connectivity index (χ1v) is 6.87. The molecule has 3 rings (SSSR count). The predicted molar refractivity (Wildman–Crippen MR) is 75.8 cm³/mol. The van der Waals surface area contributed by atoms with Crippen LogP contribution in [-0.4, -0.2) is 8.75 Å². The number of hydrogen-bond donors (Lipinski definition) is 2. The molecule has 1 aromatic heterocycles. The van der Waals surface area contributed by atoms with E-state index in [1.807, 2.05) is 6.92 Å². The number of fused-ring (bicyclic) bond motifs is 2. The smallest absolute Gasteiger partial charge is 0.120 e. The Bertz CT molecular complexity index is 536. The van der Waals surface area contributed by atoms with Gasteiger partial charge in [0, 0.05) is 5.56 Å². The third-order valence-electron chi connectivity index (χ3n) is 2.46. The van der Waals surface area contributed by atoms with Crippen molar-refractivity contribution in [3.05, 3.63) is 9.13 Å². The minimum atomic E-state index is 0.896. The first-order valence-electron chi connectivity index (χ1n) is 4.33. The first kappa shape index (κ1) is 10.8. The summed E-state index contributed by atoms with van der Waals surface area (Å²) in [5.74, 6) is 11.8. The van der Waals surface area contributed by atoms with Gasteiger partial charge < -0.3 is 0 Å². The first-order chi connectivity index (χ1) is 7.61. The molecule has 0 fully saturated rings. The lowest BCUT2D eigenvalue weighted by atomic mass is 10.1. The van der Waals surface area contributed by atoms with Crippen LogP contribution in [0.2, 0.25) is 0 Å². The molecule has 0 bridgehead atoms. The van der Waals surface area contributed by atoms with E-state index in [-0.39, 0.29) is 0 Å². The molecule has 1 aromatic carbocycles. The lowest BCUT2D eigenvalue weighted by Gasteiger charge is -2.10. The van der Waals surface area contributed by atoms with Crippen molar-refractivity contribution in [1.82, 2.24) is 8.75 Å². The summed E-state index contributed by atoms with van der Waals surface area (Å²) in [7, 11) is 0. The normalized spacial score (nSPS) is 15.0. The summed E-state index contributed by atoms with van der Waals surface area (Å²) in [5, 5.41) is 0. The molecule has 0 unspecified atom stereocenters. The predicted octanol–water partition coefficient (Wildman–Crippen LogP) is 1.54. The highest BCUT2D eigenvalue weighted by molar-refractivity contribution is 14.1. The number of anilines is 2. The number of rotatable bonds is 0. The maximum atomic E-state index is 5.89. The maximum absolute atomic E-state index is 5.89. The Morgan fingerprint density at radius 1 is 1.12 bits per heavy atom. The lowest BCUT2D eigenvalue weighted by Crippen LogP contribution is -2.26. The molecule has 0 radical (unpaired) electrons. The van der Waals surface area contributed by atoms with Gasteiger partial charge in [0.25, 0.3) is 0 Å². The van der Waals surface area contributed by atoms with Crippen molar-refractivity contribution < 1.29 is 0 Å². The van der Waals surface area contributed by atoms with Crippen molar-refractivity contribution >= 4 is 68.9 Å². The van der Waals surface area contributed by atoms with Crippen LogP contribution in [0, 0.1) is 10.5 Å². The molecule has 84 valence electrons. The van der Waals surface area contributed by atoms with E-state index in [2.05, 4.69) is 31.3 Å². The summed E-state index contributed by atoms with van der Waals surface area (Å²) < 4.78 is 12.7. The molecule has 4 N–H and O–H groups in total. The summed E-state index contributed by atoms with van der Waals surface area (Å²) in [6, 6.07) is 0. The highest BCUT2D eigenvalue weighted by Crippen LogP contribution is 2.48. The van der Waals surface area contributed by atoms with Crippen LogP contribution in [0.25, 0.3) is 11.0 Å². The largest absolute Gasteiger partial charge is 0.236 e. The van der Waals surface area contributed by atoms with Gasteiger partial charge in [-0.3, -0.25) is 0 Å². The number of hydrazine groups is 2. The number of benzene rings is 1. The van der Waals surface area contributed by atoms with Crippen molar-refractivity contribution in [2.45, 2.75) is 6.92 Å². The summed E-state index contributed by atoms with van der Waals surface area (Å²) in [6.45, 7) is 1.98. The van der Waals surface area contributed by atoms with Gasteiger partial charge >= 0.3 is 0 Å². The summed E-state index contributed by atoms with van der Waals surface area (Å²) in [4.78, 5) is 0. The van der Waals surface area contributed by atoms with Crippen LogP contribution in [0.5, 0.6) is 0 Å². The number of aromatic nitrogens is 2. The van der Waals surface area contributed by atoms with Gasteiger partial charge in [0.05, 0.1) is 21.0 Å². The minimum Gasteiger partial charge on any atom is -0.236 e. The lowest BCUT2D eigenvalue weighted by molar-refractivity contribution is 1.21. The van der Waals surface area contributed by atoms with Crippen molar-refractivity contribution in [1.29, 1.82) is 0 Å². The SMILES string of the molecule is Cc1c2c(c(I)c3nsnc13)N(N)SN2N. The molecule has 2 aromatic rings. The van der Waals surface area contributed by atoms with Crippen LogP contribution >= 0.6 is 46.5 Å². The zero-order valence-electron chi connectivity index (χ0n) is 8.14. The maximum Gasteiger partial charge on any atom is 0.120 e. The summed E-state index contributed by atoms with van der Waals surface area (Å²) >= 11 is 4.69. The molecule has 2 heterocycles. The second kappa shape index (κ2) is 3.57. The highest BCUT2D eigenvalue weighted by Gasteiger charge is 2.31. The van der Waals surface area contributed by atoms with Crippen molar-refractivity contribution in [3.63, 3.8) is 0 Å². The number of halogens is 1. The van der Waals surface area contributed by atoms with E-state index in [4.69, 9.17) is 11.7 Å². The van der Waals surface area contributed by atoms with Gasteiger partial charge in [0.15, 0.2) is 0 Å². The van der Waals surface area contributed by atoms with Gasteiger partial charge in [0.2, 0.25) is 0 Å². The zero-order chi connectivity index (χ0) is 11.4. The van der Waals surface area contributed by atoms with E-state index in [9.17, 15) is 0 Å². The molecular weight excluding hydrogens is 359 g/mol. The molecule has 0 spiro atoms. The molecule has 0 saturated heterocycles. The second-order valence-electron chi connectivity index (χ2n) is 3.33. The fourth-order valence-corrected chi connectivity index (χ4v) is 4.31. The third-order valence-corrected chi connectivity index (χ3v) is 4.72. The van der Waals surface area contributed by atoms with Gasteiger partial charge in [-0.25, -0.2) is 20.5 Å². The van der Waals surface area contributed by atoms with Gasteiger partial charge in [-0.05, 0) is 29.5 Å². The second-order valence-corrected chi connectivity index (χ2v) is 5.89. The Morgan fingerprint density at radius 2 is 1.75 bits per heavy atom. The molecule has 0 saturated carbocycles. The number of hydrogen-bond acceptors (Lipinski definition) is 8. The van der Waals surface area contributed by atoms with Gasteiger partial charge in [-0.1, -0.05) is 0 Å². The highest BCUT2D eigenvalue weighted by atomic mass is 127. The number of nitrogens with two attached hydrogens (primary N) is 2. The van der Waals surface area contributed by atoms with E-state index < -0.39 is 0 Å². The molecule has 0 amide bonds. The molecular formula is C7H7IN6S2. The summed E-state index contributed by atoms with van der Waals surface area (Å²) in [6.07, 6.45) is 0. The van der Waals surface area contributed by atoms with Gasteiger partial charge in [-0.2, -0.15) is 8.75 Å². The van der Waals surface area contributed by atoms with Crippen LogP contribution in [0.4, 0.5) is 11.4 Å². The summed E-state index contributed by atoms with van der Waals surface area (Å²) in [5.41, 5.74) is 4.64. The van der Waals surface area contributed by atoms with E-state index in [0.717, 1.165) is 31.5 Å². The van der Waals surface area contributed by atoms with Crippen LogP contribution in [0.3, 0.4) is 0 Å². The number of aryl methyl sites for hydroxylation is 1. The molecule has 9 heteroatoms. The molecule has 0 atom stereocenters. The van der Waals surface area contributed by atoms with Gasteiger partial charge in [-0.15, -0.1) is 0 Å². The Hall–Kier alpha value is -0.360. The Morgan fingerprint density at radius 3 is 2.50 bits per heavy atom. The van der Waals surface area contributed by atoms with Crippen LogP contribution in [0.1, 0.15) is 5.56 Å². The zero-order valence-corrected chi connectivity index (χ0v) is 11.9. The monoisotopic (exact) mass is 366 g/mol.